The number of aliphatic hydroxyl groups excluding tert-OH is 1. The van der Waals surface area contributed by atoms with Crippen LogP contribution >= 0.6 is 0 Å². The summed E-state index contributed by atoms with van der Waals surface area (Å²) in [6.45, 7) is 8.20. The van der Waals surface area contributed by atoms with Crippen molar-refractivity contribution in [2.24, 2.45) is 16.6 Å². The van der Waals surface area contributed by atoms with Crippen LogP contribution < -0.4 is 52.5 Å². The second-order valence-corrected chi connectivity index (χ2v) is 19.5. The number of ether oxygens (including phenoxy) is 2. The number of carboxylic acids is 1. The van der Waals surface area contributed by atoms with E-state index in [9.17, 15) is 47.7 Å². The molecule has 0 saturated heterocycles. The first-order valence-corrected chi connectivity index (χ1v) is 24.2. The molecule has 5 rings (SSSR count). The second kappa shape index (κ2) is 23.3. The van der Waals surface area contributed by atoms with Crippen molar-refractivity contribution in [1.82, 2.24) is 35.5 Å². The first-order chi connectivity index (χ1) is 33.3. The van der Waals surface area contributed by atoms with Crippen LogP contribution in [0.3, 0.4) is 0 Å². The molecule has 5 atom stereocenters. The Labute approximate surface area is 411 Å². The van der Waals surface area contributed by atoms with Gasteiger partial charge in [-0.25, -0.2) is 24.6 Å². The van der Waals surface area contributed by atoms with Gasteiger partial charge >= 0.3 is 5.97 Å². The van der Waals surface area contributed by atoms with Gasteiger partial charge in [0.2, 0.25) is 17.7 Å². The van der Waals surface area contributed by atoms with E-state index in [2.05, 4.69) is 51.4 Å². The Kier molecular flexibility index (Phi) is 18.0. The third kappa shape index (κ3) is 14.1. The Balaban J connectivity index is 1.66. The number of nitrogens with zero attached hydrogens (tertiary/aromatic N) is 3. The van der Waals surface area contributed by atoms with Crippen molar-refractivity contribution in [2.45, 2.75) is 89.6 Å². The molecule has 0 unspecified atom stereocenters. The number of hydrogen-bond acceptors (Lipinski definition) is 16. The number of nitrogen functional groups attached to an aromatic ring is 1. The monoisotopic (exact) mass is 1010 g/mol. The van der Waals surface area contributed by atoms with Gasteiger partial charge in [-0.05, 0) is 79.6 Å². The van der Waals surface area contributed by atoms with Crippen molar-refractivity contribution < 1.29 is 57.2 Å². The molecule has 23 nitrogen and oxygen atoms in total. The molecular formula is C47H63N11O12S. The molecule has 0 aliphatic carbocycles. The van der Waals surface area contributed by atoms with Gasteiger partial charge in [-0.15, -0.1) is 0 Å². The Hall–Kier alpha value is -6.96. The van der Waals surface area contributed by atoms with Crippen molar-refractivity contribution in [2.75, 3.05) is 45.6 Å². The average molecular weight is 1010 g/mol. The maximum Gasteiger partial charge on any atom is 0.326 e. The molecule has 71 heavy (non-hydrogen) atoms. The number of aromatic hydroxyl groups is 1. The van der Waals surface area contributed by atoms with Gasteiger partial charge in [0.1, 0.15) is 54.0 Å². The van der Waals surface area contributed by atoms with E-state index in [1.54, 1.807) is 6.07 Å². The highest BCUT2D eigenvalue weighted by atomic mass is 32.2. The van der Waals surface area contributed by atoms with Crippen LogP contribution in [0, 0.1) is 6.92 Å². The molecule has 384 valence electrons. The Morgan fingerprint density at radius 1 is 0.972 bits per heavy atom. The predicted molar refractivity (Wildman–Crippen MR) is 262 cm³/mol. The lowest BCUT2D eigenvalue weighted by molar-refractivity contribution is -0.143. The number of aryl methyl sites for hydroxylation is 1. The number of carboxylic acid groups (broad SMARTS) is 1. The van der Waals surface area contributed by atoms with Gasteiger partial charge in [0.15, 0.2) is 17.3 Å². The summed E-state index contributed by atoms with van der Waals surface area (Å²) in [4.78, 5) is 79.8. The third-order valence-electron chi connectivity index (χ3n) is 11.5. The standard InChI is InChI=1S/C47H63N11O12S/c1-24-37(40(50)57-41(53-24)27-9-11-29(12-10-27)47(3,4)5)43(62)55-33(14-16-52-71(51,67)68)45(64)58(6)38-28-20-32(39(60)36(21-28)70-23-30(59)22-49)31-18-26(8-13-35(31)69-17-7-15-48)19-34(46(65)66)56-42(61)25(2)54-44(38)63/h8-13,18,20-21,25,30,33-34,38,52,59-60H,7,14-17,19,22-23,48-49H2,1-6H3,(H,54,63)(H,55,62)(H,56,61)(H,65,66)(H2,50,53,57)(H2,51,67,68)/t25-,30-,33-,34-,38-/m0/s1. The number of aromatic nitrogens is 2. The summed E-state index contributed by atoms with van der Waals surface area (Å²) in [5, 5.41) is 45.3. The highest BCUT2D eigenvalue weighted by Crippen LogP contribution is 2.45. The average Bonchev–Trinajstić information content (AvgIpc) is 3.29. The Morgan fingerprint density at radius 3 is 2.27 bits per heavy atom. The number of rotatable bonds is 18. The maximum absolute atomic E-state index is 15.0. The summed E-state index contributed by atoms with van der Waals surface area (Å²) >= 11 is 0. The van der Waals surface area contributed by atoms with Gasteiger partial charge in [-0.1, -0.05) is 51.1 Å². The van der Waals surface area contributed by atoms with E-state index in [-0.39, 0.29) is 82.6 Å². The molecule has 15 N–H and O–H groups in total. The van der Waals surface area contributed by atoms with Crippen molar-refractivity contribution in [3.63, 3.8) is 0 Å². The lowest BCUT2D eigenvalue weighted by Crippen LogP contribution is -2.55. The smallest absolute Gasteiger partial charge is 0.326 e. The largest absolute Gasteiger partial charge is 0.504 e. The van der Waals surface area contributed by atoms with Crippen LogP contribution in [0.15, 0.2) is 54.6 Å². The molecule has 1 aliphatic heterocycles. The van der Waals surface area contributed by atoms with E-state index in [1.807, 2.05) is 24.3 Å². The molecule has 4 amide bonds. The summed E-state index contributed by atoms with van der Waals surface area (Å²) in [5.41, 5.74) is 19.7. The number of aliphatic carboxylic acids is 1. The predicted octanol–water partition coefficient (Wildman–Crippen LogP) is 0.242. The summed E-state index contributed by atoms with van der Waals surface area (Å²) in [6, 6.07) is 8.36. The van der Waals surface area contributed by atoms with Gasteiger partial charge in [-0.2, -0.15) is 8.42 Å². The number of fused-ring (bicyclic) bond motifs is 5. The van der Waals surface area contributed by atoms with Crippen LogP contribution in [-0.2, 0) is 41.2 Å². The number of anilines is 1. The van der Waals surface area contributed by atoms with E-state index >= 15 is 0 Å². The minimum absolute atomic E-state index is 0.0363. The SMILES string of the molecule is Cc1nc(-c2ccc(C(C)(C)C)cc2)nc(N)c1C(=O)N[C@@H](CCNS(N)(=O)=O)C(=O)N(C)[C@@H]1C(=O)N[C@@H](C)C(=O)N[C@H](C(=O)O)Cc2ccc(OCCCN)c(c2)-c2cc1cc(OC[C@@H](O)CN)c2O. The highest BCUT2D eigenvalue weighted by Gasteiger charge is 2.37. The first-order valence-electron chi connectivity index (χ1n) is 22.6. The molecule has 1 aromatic heterocycles. The van der Waals surface area contributed by atoms with E-state index in [1.165, 1.54) is 45.2 Å². The number of carbonyl (C=O) groups is 5. The van der Waals surface area contributed by atoms with Crippen molar-refractivity contribution in [1.29, 1.82) is 0 Å². The maximum atomic E-state index is 15.0. The summed E-state index contributed by atoms with van der Waals surface area (Å²) in [7, 11) is -3.12. The molecule has 0 radical (unpaired) electrons. The van der Waals surface area contributed by atoms with E-state index in [4.69, 9.17) is 31.8 Å². The fourth-order valence-electron chi connectivity index (χ4n) is 7.63. The zero-order valence-corrected chi connectivity index (χ0v) is 41.1. The van der Waals surface area contributed by atoms with Crippen LogP contribution in [-0.4, -0.2) is 132 Å². The Bertz CT molecular complexity index is 2710. The fraction of sp³-hybridized carbons (Fsp3) is 0.426. The van der Waals surface area contributed by atoms with Crippen LogP contribution in [0.2, 0.25) is 0 Å². The number of phenols is 1. The zero-order chi connectivity index (χ0) is 52.5. The number of nitrogens with two attached hydrogens (primary N) is 4. The van der Waals surface area contributed by atoms with Gasteiger partial charge in [0, 0.05) is 43.2 Å². The molecule has 0 fully saturated rings. The molecule has 24 heteroatoms. The van der Waals surface area contributed by atoms with Crippen LogP contribution in [0.1, 0.15) is 79.3 Å². The molecule has 0 spiro atoms. The van der Waals surface area contributed by atoms with Crippen LogP contribution in [0.5, 0.6) is 17.2 Å². The van der Waals surface area contributed by atoms with Gasteiger partial charge < -0.3 is 62.8 Å². The van der Waals surface area contributed by atoms with Gasteiger partial charge in [0.05, 0.1) is 12.3 Å². The number of nitrogens with one attached hydrogen (secondary N) is 4. The molecule has 4 bridgehead atoms. The lowest BCUT2D eigenvalue weighted by atomic mass is 9.86. The molecule has 1 aliphatic rings. The number of amides is 4. The quantitative estimate of drug-likeness (QED) is 0.0595. The number of likely N-dealkylation sites (N-methyl/N-ethyl adjacent to an activating group) is 1. The third-order valence-corrected chi connectivity index (χ3v) is 12.1. The number of aliphatic hydroxyl groups is 1. The molecule has 2 heterocycles. The minimum atomic E-state index is -4.32. The van der Waals surface area contributed by atoms with E-state index in [0.29, 0.717) is 17.5 Å². The second-order valence-electron chi connectivity index (χ2n) is 18.1. The normalized spacial score (nSPS) is 17.2. The Morgan fingerprint density at radius 2 is 1.66 bits per heavy atom. The minimum Gasteiger partial charge on any atom is -0.504 e. The number of phenolic OH excluding ortho intramolecular Hbond substituents is 1. The van der Waals surface area contributed by atoms with E-state index in [0.717, 1.165) is 10.5 Å². The number of hydrogen-bond donors (Lipinski definition) is 11. The molecule has 4 aromatic rings. The van der Waals surface area contributed by atoms with E-state index < -0.39 is 95.4 Å². The van der Waals surface area contributed by atoms with Gasteiger partial charge in [0.25, 0.3) is 16.1 Å². The topological polar surface area (TPSA) is 380 Å². The molecule has 0 saturated carbocycles. The van der Waals surface area contributed by atoms with Crippen LogP contribution in [0.4, 0.5) is 5.82 Å². The first kappa shape index (κ1) is 55.0. The summed E-state index contributed by atoms with van der Waals surface area (Å²) in [6.07, 6.45) is -1.50. The highest BCUT2D eigenvalue weighted by molar-refractivity contribution is 7.87. The van der Waals surface area contributed by atoms with Crippen molar-refractivity contribution in [3.05, 3.63) is 82.5 Å². The number of carbonyl (C=O) groups excluding carboxylic acids is 4. The molecular weight excluding hydrogens is 943 g/mol. The van der Waals surface area contributed by atoms with Crippen molar-refractivity contribution >= 4 is 45.6 Å². The summed E-state index contributed by atoms with van der Waals surface area (Å²) < 4.78 is 38.0. The number of benzene rings is 3. The summed E-state index contributed by atoms with van der Waals surface area (Å²) in [5.74, 6) is -5.89. The lowest BCUT2D eigenvalue weighted by Gasteiger charge is -2.33. The fourth-order valence-corrected chi connectivity index (χ4v) is 8.04. The van der Waals surface area contributed by atoms with Crippen LogP contribution in [0.25, 0.3) is 22.5 Å². The zero-order valence-electron chi connectivity index (χ0n) is 40.3. The van der Waals surface area contributed by atoms with Crippen molar-refractivity contribution in [3.8, 4) is 39.8 Å². The van der Waals surface area contributed by atoms with Gasteiger partial charge in [-0.3, -0.25) is 19.2 Å². The molecule has 3 aromatic carbocycles.